The molecule has 25 heavy (non-hydrogen) atoms. The molecule has 2 rings (SSSR count). The molecule has 0 saturated heterocycles. The number of nitrogens with one attached hydrogen (secondary N) is 1. The molecule has 0 radical (unpaired) electrons. The predicted molar refractivity (Wildman–Crippen MR) is 90.5 cm³/mol. The van der Waals surface area contributed by atoms with Crippen molar-refractivity contribution in [3.63, 3.8) is 0 Å². The van der Waals surface area contributed by atoms with Gasteiger partial charge in [-0.1, -0.05) is 30.3 Å². The Morgan fingerprint density at radius 3 is 2.44 bits per heavy atom. The van der Waals surface area contributed by atoms with E-state index in [0.29, 0.717) is 12.1 Å². The molecule has 0 saturated carbocycles. The molecule has 8 heteroatoms. The zero-order valence-corrected chi connectivity index (χ0v) is 13.1. The Kier molecular flexibility index (Phi) is 6.24. The number of anilines is 1. The number of nitrogens with zero attached hydrogens (tertiary/aromatic N) is 2. The first kappa shape index (κ1) is 17.7. The number of alkyl carbamates (subject to hydrolysis) is 1. The molecule has 0 atom stereocenters. The number of hydrogen-bond donors (Lipinski definition) is 1. The largest absolute Gasteiger partial charge is 0.444 e. The molecule has 0 aliphatic heterocycles. The van der Waals surface area contributed by atoms with E-state index in [0.717, 1.165) is 10.5 Å². The van der Waals surface area contributed by atoms with Crippen LogP contribution in [-0.2, 0) is 16.1 Å². The van der Waals surface area contributed by atoms with Crippen LogP contribution in [0.5, 0.6) is 0 Å². The fourth-order valence-electron chi connectivity index (χ4n) is 1.88. The predicted octanol–water partition coefficient (Wildman–Crippen LogP) is 2.96. The molecule has 2 aromatic carbocycles. The molecule has 0 unspecified atom stereocenters. The van der Waals surface area contributed by atoms with E-state index >= 15 is 0 Å². The van der Waals surface area contributed by atoms with Crippen LogP contribution in [-0.4, -0.2) is 17.4 Å². The molecule has 128 valence electrons. The van der Waals surface area contributed by atoms with Crippen LogP contribution >= 0.6 is 0 Å². The number of nitro groups is 1. The Morgan fingerprint density at radius 1 is 1.16 bits per heavy atom. The second kappa shape index (κ2) is 8.82. The minimum absolute atomic E-state index is 0.0822. The van der Waals surface area contributed by atoms with Crippen LogP contribution in [0, 0.1) is 10.1 Å². The zero-order valence-electron chi connectivity index (χ0n) is 13.1. The van der Waals surface area contributed by atoms with Crippen molar-refractivity contribution in [1.82, 2.24) is 5.32 Å². The lowest BCUT2D eigenvalue weighted by atomic mass is 10.2. The van der Waals surface area contributed by atoms with Gasteiger partial charge in [0.1, 0.15) is 6.61 Å². The van der Waals surface area contributed by atoms with Crippen molar-refractivity contribution in [2.45, 2.75) is 6.61 Å². The van der Waals surface area contributed by atoms with E-state index in [-0.39, 0.29) is 12.3 Å². The van der Waals surface area contributed by atoms with Crippen molar-refractivity contribution in [1.29, 1.82) is 0 Å². The second-order valence-corrected chi connectivity index (χ2v) is 4.81. The number of ether oxygens (including phenoxy) is 1. The number of nitro benzene ring substituents is 1. The maximum absolute atomic E-state index is 11.6. The lowest BCUT2D eigenvalue weighted by Crippen LogP contribution is -2.20. The van der Waals surface area contributed by atoms with E-state index in [1.54, 1.807) is 0 Å². The average Bonchev–Trinajstić information content (AvgIpc) is 2.64. The number of benzene rings is 2. The molecule has 0 spiro atoms. The maximum Gasteiger partial charge on any atom is 0.411 e. The van der Waals surface area contributed by atoms with E-state index in [2.05, 4.69) is 5.32 Å². The summed E-state index contributed by atoms with van der Waals surface area (Å²) >= 11 is 0. The summed E-state index contributed by atoms with van der Waals surface area (Å²) in [6.07, 6.45) is 2.38. The van der Waals surface area contributed by atoms with Gasteiger partial charge in [0.2, 0.25) is 6.41 Å². The summed E-state index contributed by atoms with van der Waals surface area (Å²) in [6, 6.07) is 14.6. The average molecular weight is 341 g/mol. The molecule has 0 aliphatic rings. The Morgan fingerprint density at radius 2 is 1.84 bits per heavy atom. The van der Waals surface area contributed by atoms with Crippen molar-refractivity contribution >= 4 is 23.9 Å². The number of rotatable bonds is 7. The van der Waals surface area contributed by atoms with Gasteiger partial charge in [0.15, 0.2) is 0 Å². The fraction of sp³-hybridized carbons (Fsp3) is 0.0588. The molecule has 0 aliphatic carbocycles. The second-order valence-electron chi connectivity index (χ2n) is 4.81. The van der Waals surface area contributed by atoms with Gasteiger partial charge in [0.25, 0.3) is 5.69 Å². The van der Waals surface area contributed by atoms with Crippen LogP contribution in [0.1, 0.15) is 5.56 Å². The zero-order chi connectivity index (χ0) is 18.1. The van der Waals surface area contributed by atoms with Gasteiger partial charge < -0.3 is 4.74 Å². The highest BCUT2D eigenvalue weighted by molar-refractivity contribution is 5.78. The third kappa shape index (κ3) is 5.47. The molecule has 2 amide bonds. The van der Waals surface area contributed by atoms with Gasteiger partial charge in [-0.25, -0.2) is 4.79 Å². The third-order valence-electron chi connectivity index (χ3n) is 3.12. The van der Waals surface area contributed by atoms with E-state index in [9.17, 15) is 19.7 Å². The quantitative estimate of drug-likeness (QED) is 0.474. The maximum atomic E-state index is 11.6. The van der Waals surface area contributed by atoms with Crippen LogP contribution < -0.4 is 10.2 Å². The fourth-order valence-corrected chi connectivity index (χ4v) is 1.88. The van der Waals surface area contributed by atoms with Gasteiger partial charge in [-0.05, 0) is 17.7 Å². The summed E-state index contributed by atoms with van der Waals surface area (Å²) in [5, 5.41) is 13.0. The van der Waals surface area contributed by atoms with Crippen LogP contribution in [0.15, 0.2) is 67.0 Å². The molecular formula is C17H15N3O5. The topological polar surface area (TPSA) is 102 Å². The first-order valence-corrected chi connectivity index (χ1v) is 7.22. The first-order chi connectivity index (χ1) is 12.1. The minimum Gasteiger partial charge on any atom is -0.444 e. The lowest BCUT2D eigenvalue weighted by molar-refractivity contribution is -0.384. The van der Waals surface area contributed by atoms with Gasteiger partial charge in [-0.15, -0.1) is 0 Å². The molecule has 0 bridgehead atoms. The Balaban J connectivity index is 1.86. The smallest absolute Gasteiger partial charge is 0.411 e. The van der Waals surface area contributed by atoms with E-state index in [4.69, 9.17) is 4.74 Å². The molecular weight excluding hydrogens is 326 g/mol. The van der Waals surface area contributed by atoms with Gasteiger partial charge in [0, 0.05) is 30.2 Å². The summed E-state index contributed by atoms with van der Waals surface area (Å²) in [4.78, 5) is 33.9. The molecule has 8 nitrogen and oxygen atoms in total. The third-order valence-corrected chi connectivity index (χ3v) is 3.12. The van der Waals surface area contributed by atoms with Crippen molar-refractivity contribution in [2.24, 2.45) is 0 Å². The summed E-state index contributed by atoms with van der Waals surface area (Å²) in [7, 11) is 0. The summed E-state index contributed by atoms with van der Waals surface area (Å²) in [5.41, 5.74) is 1.18. The highest BCUT2D eigenvalue weighted by Crippen LogP contribution is 2.18. The first-order valence-electron chi connectivity index (χ1n) is 7.22. The minimum atomic E-state index is -0.672. The van der Waals surface area contributed by atoms with Crippen LogP contribution in [0.25, 0.3) is 0 Å². The number of amides is 2. The lowest BCUT2D eigenvalue weighted by Gasteiger charge is -2.11. The van der Waals surface area contributed by atoms with Gasteiger partial charge >= 0.3 is 6.09 Å². The molecule has 0 heterocycles. The summed E-state index contributed by atoms with van der Waals surface area (Å²) in [5.74, 6) is 0. The van der Waals surface area contributed by atoms with Crippen LogP contribution in [0.3, 0.4) is 0 Å². The Bertz CT molecular complexity index is 760. The van der Waals surface area contributed by atoms with Crippen molar-refractivity contribution < 1.29 is 19.2 Å². The van der Waals surface area contributed by atoms with E-state index in [1.807, 2.05) is 30.3 Å². The monoisotopic (exact) mass is 341 g/mol. The molecule has 2 aromatic rings. The van der Waals surface area contributed by atoms with Gasteiger partial charge in [-0.2, -0.15) is 0 Å². The van der Waals surface area contributed by atoms with E-state index in [1.165, 1.54) is 36.7 Å². The Hall–Kier alpha value is -3.68. The normalized spacial score (nSPS) is 10.2. The molecule has 1 N–H and O–H groups in total. The number of non-ortho nitro benzene ring substituents is 1. The van der Waals surface area contributed by atoms with Gasteiger partial charge in [-0.3, -0.25) is 25.1 Å². The number of hydrogen-bond acceptors (Lipinski definition) is 5. The Labute approximate surface area is 143 Å². The standard InChI is InChI=1S/C17H15N3O5/c21-13-19(15-6-8-16(9-7-15)20(23)24)11-10-18-17(22)25-12-14-4-2-1-3-5-14/h1-11,13H,12H2,(H,18,22)/b11-10-. The van der Waals surface area contributed by atoms with Gasteiger partial charge in [0.05, 0.1) is 4.92 Å². The highest BCUT2D eigenvalue weighted by Gasteiger charge is 2.07. The van der Waals surface area contributed by atoms with Crippen LogP contribution in [0.4, 0.5) is 16.2 Å². The molecule has 0 aromatic heterocycles. The number of carbonyl (C=O) groups excluding carboxylic acids is 2. The highest BCUT2D eigenvalue weighted by atomic mass is 16.6. The summed E-state index contributed by atoms with van der Waals surface area (Å²) < 4.78 is 5.01. The van der Waals surface area contributed by atoms with Crippen molar-refractivity contribution in [3.05, 3.63) is 82.7 Å². The summed E-state index contributed by atoms with van der Waals surface area (Å²) in [6.45, 7) is 0.125. The van der Waals surface area contributed by atoms with Crippen molar-refractivity contribution in [2.75, 3.05) is 4.90 Å². The molecule has 0 fully saturated rings. The number of carbonyl (C=O) groups is 2. The van der Waals surface area contributed by atoms with Crippen LogP contribution in [0.2, 0.25) is 0 Å². The van der Waals surface area contributed by atoms with E-state index < -0.39 is 11.0 Å². The van der Waals surface area contributed by atoms with Crippen molar-refractivity contribution in [3.8, 4) is 0 Å². The SMILES string of the molecule is O=CN(/C=C\NC(=O)OCc1ccccc1)c1ccc([N+](=O)[O-])cc1.